The Morgan fingerprint density at radius 3 is 1.12 bits per heavy atom. The molecule has 0 radical (unpaired) electrons. The van der Waals surface area contributed by atoms with E-state index in [0.29, 0.717) is 11.8 Å². The Morgan fingerprint density at radius 2 is 1.12 bits per heavy atom. The predicted octanol–water partition coefficient (Wildman–Crippen LogP) is 5.03. The zero-order valence-electron chi connectivity index (χ0n) is 9.61. The molecule has 112 valence electrons. The summed E-state index contributed by atoms with van der Waals surface area (Å²) in [5.74, 6) is 1.11. The molecular weight excluding hydrogens is 341 g/mol. The van der Waals surface area contributed by atoms with E-state index in [-0.39, 0.29) is 14.1 Å². The lowest BCUT2D eigenvalue weighted by Gasteiger charge is -2.05. The molecule has 0 rings (SSSR count). The lowest BCUT2D eigenvalue weighted by Crippen LogP contribution is -2.08. The fraction of sp³-hybridized carbons (Fsp3) is 0.750. The van der Waals surface area contributed by atoms with E-state index in [1.54, 1.807) is 0 Å². The van der Waals surface area contributed by atoms with Crippen LogP contribution in [-0.4, -0.2) is 29.2 Å². The van der Waals surface area contributed by atoms with Gasteiger partial charge >= 0.3 is 0 Å². The maximum Gasteiger partial charge on any atom is 0.0359 e. The maximum atomic E-state index is 5.05. The average Bonchev–Trinajstić information content (AvgIpc) is 2.28. The molecule has 0 aromatic heterocycles. The van der Waals surface area contributed by atoms with Crippen LogP contribution < -0.4 is 0 Å². The normalized spacial score (nSPS) is 7.53. The molecule has 0 atom stereocenters. The van der Waals surface area contributed by atoms with E-state index in [9.17, 15) is 0 Å². The van der Waals surface area contributed by atoms with Crippen molar-refractivity contribution in [1.82, 2.24) is 4.31 Å². The zero-order valence-corrected chi connectivity index (χ0v) is 13.5. The fourth-order valence-corrected chi connectivity index (χ4v) is 0.224. The molecule has 0 saturated carbocycles. The van der Waals surface area contributed by atoms with Crippen LogP contribution in [0.5, 0.6) is 0 Å². The van der Waals surface area contributed by atoms with Gasteiger partial charge in [0.25, 0.3) is 0 Å². The number of hydrogen-bond donors (Lipinski definition) is 1. The first-order chi connectivity index (χ1) is 6.64. The summed E-state index contributed by atoms with van der Waals surface area (Å²) in [4.78, 5) is 0. The summed E-state index contributed by atoms with van der Waals surface area (Å²) in [7, 11) is 0. The van der Waals surface area contributed by atoms with E-state index >= 15 is 0 Å². The van der Waals surface area contributed by atoms with Crippen LogP contribution in [0.15, 0.2) is 11.1 Å². The molecule has 0 unspecified atom stereocenters. The van der Waals surface area contributed by atoms with Crippen molar-refractivity contribution in [3.05, 3.63) is 11.1 Å². The minimum Gasteiger partial charge on any atom is -0.269 e. The highest BCUT2D eigenvalue weighted by molar-refractivity contribution is 7.77. The first kappa shape index (κ1) is 36.1. The van der Waals surface area contributed by atoms with Gasteiger partial charge in [-0.2, -0.15) is 0 Å². The largest absolute Gasteiger partial charge is 0.269 e. The molecule has 0 aliphatic heterocycles. The first-order valence-electron chi connectivity index (χ1n) is 4.05. The third kappa shape index (κ3) is 78.1. The Labute approximate surface area is 127 Å². The monoisotopic (exact) mass is 359 g/mol. The Bertz CT molecular complexity index is 105. The third-order valence-corrected chi connectivity index (χ3v) is 2.37. The van der Waals surface area contributed by atoms with Crippen LogP contribution in [0, 0.1) is 0 Å². The third-order valence-electron chi connectivity index (χ3n) is 0.849. The molecule has 0 amide bonds. The molecule has 0 aliphatic carbocycles. The highest BCUT2D eigenvalue weighted by Crippen LogP contribution is 1.86. The van der Waals surface area contributed by atoms with Crippen molar-refractivity contribution >= 4 is 59.2 Å². The second-order valence-corrected chi connectivity index (χ2v) is 3.59. The van der Waals surface area contributed by atoms with E-state index in [1.165, 1.54) is 11.1 Å². The first-order valence-corrected chi connectivity index (χ1v) is 6.39. The number of hydrogen-bond acceptors (Lipinski definition) is 2. The number of alkyl halides is 2. The van der Waals surface area contributed by atoms with Crippen LogP contribution in [0.2, 0.25) is 0 Å². The Hall–Kier alpha value is 1.000. The quantitative estimate of drug-likeness (QED) is 0.545. The zero-order chi connectivity index (χ0) is 11.8. The van der Waals surface area contributed by atoms with Crippen LogP contribution in [-0.2, 0) is 0 Å². The number of thiol groups is 1. The van der Waals surface area contributed by atoms with Gasteiger partial charge in [0, 0.05) is 35.9 Å². The summed E-state index contributed by atoms with van der Waals surface area (Å²) in [6.45, 7) is 6.21. The molecule has 0 spiro atoms. The molecule has 1 nitrogen and oxygen atoms in total. The van der Waals surface area contributed by atoms with Crippen LogP contribution in [0.25, 0.3) is 0 Å². The van der Waals surface area contributed by atoms with E-state index in [2.05, 4.69) is 26.7 Å². The van der Waals surface area contributed by atoms with Gasteiger partial charge in [-0.05, 0) is 0 Å². The molecule has 0 N–H and O–H groups in total. The highest BCUT2D eigenvalue weighted by atomic mass is 35.5. The second-order valence-electron chi connectivity index (χ2n) is 1.77. The van der Waals surface area contributed by atoms with Crippen LogP contribution in [0.1, 0.15) is 13.8 Å². The summed E-state index contributed by atoms with van der Waals surface area (Å²) in [6, 6.07) is 0. The van der Waals surface area contributed by atoms with Crippen LogP contribution in [0.3, 0.4) is 0 Å². The number of halogens is 7. The molecular formula is C8H20Cl4F3NS. The molecule has 0 bridgehead atoms. The lowest BCUT2D eigenvalue weighted by molar-refractivity contribution is 0.532. The SMILES string of the molecule is CCN(S)CC.Cl/C=C/Cl.ClCCCl.F.F.F. The van der Waals surface area contributed by atoms with Gasteiger partial charge in [-0.1, -0.05) is 49.9 Å². The van der Waals surface area contributed by atoms with E-state index in [0.717, 1.165) is 13.1 Å². The molecule has 0 fully saturated rings. The Balaban J connectivity index is -0.0000000252. The Morgan fingerprint density at radius 1 is 0.882 bits per heavy atom. The molecule has 9 heteroatoms. The molecule has 0 aromatic carbocycles. The molecule has 0 aromatic rings. The summed E-state index contributed by atoms with van der Waals surface area (Å²) in [5, 5.41) is 0. The minimum atomic E-state index is 0. The van der Waals surface area contributed by atoms with Crippen molar-refractivity contribution in [3.63, 3.8) is 0 Å². The van der Waals surface area contributed by atoms with Gasteiger partial charge in [-0.15, -0.1) is 23.2 Å². The average molecular weight is 361 g/mol. The van der Waals surface area contributed by atoms with Gasteiger partial charge in [0.15, 0.2) is 0 Å². The molecule has 0 aliphatic rings. The van der Waals surface area contributed by atoms with E-state index < -0.39 is 0 Å². The fourth-order valence-electron chi connectivity index (χ4n) is 0.224. The minimum absolute atomic E-state index is 0. The van der Waals surface area contributed by atoms with Gasteiger partial charge in [0.1, 0.15) is 0 Å². The van der Waals surface area contributed by atoms with Gasteiger partial charge in [-0.25, -0.2) is 0 Å². The van der Waals surface area contributed by atoms with Crippen molar-refractivity contribution in [1.29, 1.82) is 0 Å². The van der Waals surface area contributed by atoms with Crippen LogP contribution >= 0.6 is 59.2 Å². The van der Waals surface area contributed by atoms with Crippen molar-refractivity contribution in [2.45, 2.75) is 13.8 Å². The maximum absolute atomic E-state index is 5.05. The number of rotatable bonds is 3. The van der Waals surface area contributed by atoms with E-state index in [4.69, 9.17) is 46.4 Å². The molecule has 0 heterocycles. The predicted molar refractivity (Wildman–Crippen MR) is 81.7 cm³/mol. The molecule has 0 saturated heterocycles. The van der Waals surface area contributed by atoms with Gasteiger partial charge in [0.05, 0.1) is 0 Å². The summed E-state index contributed by atoms with van der Waals surface area (Å²) in [6.07, 6.45) is 0. The van der Waals surface area contributed by atoms with Crippen molar-refractivity contribution in [2.75, 3.05) is 24.8 Å². The summed E-state index contributed by atoms with van der Waals surface area (Å²) < 4.78 is 1.94. The standard InChI is InChI=1S/C4H11NS.C2H4Cl2.C2H2Cl2.3FH/c1-3-5(6)4-2;2*3-1-2-4;;;/h6H,3-4H2,1-2H3;1-2H2;1-2H;3*1H/b;;2-1+;;;. The number of nitrogens with zero attached hydrogens (tertiary/aromatic N) is 1. The van der Waals surface area contributed by atoms with E-state index in [1.807, 2.05) is 4.31 Å². The van der Waals surface area contributed by atoms with Gasteiger partial charge in [0.2, 0.25) is 0 Å². The lowest BCUT2D eigenvalue weighted by atomic mass is 10.7. The Kier molecular flexibility index (Phi) is 92.5. The van der Waals surface area contributed by atoms with Crippen molar-refractivity contribution in [3.8, 4) is 0 Å². The highest BCUT2D eigenvalue weighted by Gasteiger charge is 1.83. The molecule has 17 heavy (non-hydrogen) atoms. The van der Waals surface area contributed by atoms with Gasteiger partial charge in [-0.3, -0.25) is 18.4 Å². The summed E-state index contributed by atoms with van der Waals surface area (Å²) >= 11 is 23.9. The second kappa shape index (κ2) is 43.5. The smallest absolute Gasteiger partial charge is 0.0359 e. The topological polar surface area (TPSA) is 3.24 Å². The summed E-state index contributed by atoms with van der Waals surface area (Å²) in [5.41, 5.74) is 2.48. The van der Waals surface area contributed by atoms with Gasteiger partial charge < -0.3 is 0 Å². The van der Waals surface area contributed by atoms with Crippen molar-refractivity contribution in [2.24, 2.45) is 0 Å². The van der Waals surface area contributed by atoms with Crippen LogP contribution in [0.4, 0.5) is 14.1 Å². The van der Waals surface area contributed by atoms with Crippen molar-refractivity contribution < 1.29 is 14.1 Å².